The van der Waals surface area contributed by atoms with E-state index in [1.54, 1.807) is 17.0 Å². The van der Waals surface area contributed by atoms with E-state index < -0.39 is 0 Å². The SMILES string of the molecule is CCN(CC)C(=O)NCCc1nc(-c2ccc(Cl)cc2)n[nH]1. The van der Waals surface area contributed by atoms with Crippen LogP contribution in [0.3, 0.4) is 0 Å². The number of nitrogens with one attached hydrogen (secondary N) is 2. The Morgan fingerprint density at radius 1 is 1.27 bits per heavy atom. The van der Waals surface area contributed by atoms with Gasteiger partial charge < -0.3 is 10.2 Å². The number of carbonyl (C=O) groups is 1. The van der Waals surface area contributed by atoms with Crippen LogP contribution in [0, 0.1) is 0 Å². The van der Waals surface area contributed by atoms with Crippen LogP contribution in [-0.2, 0) is 6.42 Å². The maximum Gasteiger partial charge on any atom is 0.317 e. The van der Waals surface area contributed by atoms with Gasteiger partial charge in [0.2, 0.25) is 0 Å². The van der Waals surface area contributed by atoms with Crippen LogP contribution in [0.5, 0.6) is 0 Å². The van der Waals surface area contributed by atoms with Crippen molar-refractivity contribution in [3.63, 3.8) is 0 Å². The molecule has 118 valence electrons. The molecule has 7 heteroatoms. The van der Waals surface area contributed by atoms with Crippen LogP contribution in [0.25, 0.3) is 11.4 Å². The van der Waals surface area contributed by atoms with Gasteiger partial charge in [-0.2, -0.15) is 5.10 Å². The molecule has 0 aliphatic carbocycles. The van der Waals surface area contributed by atoms with Crippen molar-refractivity contribution < 1.29 is 4.79 Å². The summed E-state index contributed by atoms with van der Waals surface area (Å²) in [7, 11) is 0. The molecule has 1 aromatic heterocycles. The fourth-order valence-electron chi connectivity index (χ4n) is 2.05. The third-order valence-corrected chi connectivity index (χ3v) is 3.57. The smallest absolute Gasteiger partial charge is 0.317 e. The Kier molecular flexibility index (Phi) is 5.77. The molecule has 0 aliphatic heterocycles. The van der Waals surface area contributed by atoms with E-state index in [4.69, 9.17) is 11.6 Å². The van der Waals surface area contributed by atoms with Gasteiger partial charge in [0.25, 0.3) is 0 Å². The normalized spacial score (nSPS) is 10.5. The summed E-state index contributed by atoms with van der Waals surface area (Å²) in [6, 6.07) is 7.30. The number of hydrogen-bond acceptors (Lipinski definition) is 3. The molecule has 0 radical (unpaired) electrons. The van der Waals surface area contributed by atoms with Crippen LogP contribution in [-0.4, -0.2) is 45.7 Å². The molecule has 0 unspecified atom stereocenters. The molecule has 2 rings (SSSR count). The number of urea groups is 1. The summed E-state index contributed by atoms with van der Waals surface area (Å²) in [5.74, 6) is 1.37. The molecule has 1 heterocycles. The quantitative estimate of drug-likeness (QED) is 0.859. The van der Waals surface area contributed by atoms with Gasteiger partial charge in [0.05, 0.1) is 0 Å². The highest BCUT2D eigenvalue weighted by atomic mass is 35.5. The number of halogens is 1. The van der Waals surface area contributed by atoms with Gasteiger partial charge in [-0.25, -0.2) is 9.78 Å². The summed E-state index contributed by atoms with van der Waals surface area (Å²) in [6.07, 6.45) is 0.605. The summed E-state index contributed by atoms with van der Waals surface area (Å²) in [5.41, 5.74) is 0.902. The number of H-pyrrole nitrogens is 1. The molecule has 0 aliphatic rings. The van der Waals surface area contributed by atoms with Gasteiger partial charge in [-0.1, -0.05) is 11.6 Å². The largest absolute Gasteiger partial charge is 0.338 e. The lowest BCUT2D eigenvalue weighted by Gasteiger charge is -2.18. The number of hydrogen-bond donors (Lipinski definition) is 2. The zero-order valence-electron chi connectivity index (χ0n) is 12.8. The van der Waals surface area contributed by atoms with E-state index in [-0.39, 0.29) is 6.03 Å². The van der Waals surface area contributed by atoms with E-state index in [0.717, 1.165) is 11.4 Å². The summed E-state index contributed by atoms with van der Waals surface area (Å²) in [6.45, 7) is 5.83. The molecular formula is C15H20ClN5O. The molecule has 22 heavy (non-hydrogen) atoms. The van der Waals surface area contributed by atoms with Crippen molar-refractivity contribution >= 4 is 17.6 Å². The Morgan fingerprint density at radius 2 is 1.95 bits per heavy atom. The van der Waals surface area contributed by atoms with Crippen molar-refractivity contribution in [2.45, 2.75) is 20.3 Å². The van der Waals surface area contributed by atoms with Gasteiger partial charge in [0.15, 0.2) is 5.82 Å². The van der Waals surface area contributed by atoms with Crippen molar-refractivity contribution in [1.82, 2.24) is 25.4 Å². The Bertz CT molecular complexity index is 607. The first-order valence-electron chi connectivity index (χ1n) is 7.34. The molecule has 0 bridgehead atoms. The van der Waals surface area contributed by atoms with Gasteiger partial charge in [-0.3, -0.25) is 5.10 Å². The molecule has 6 nitrogen and oxygen atoms in total. The molecule has 0 spiro atoms. The lowest BCUT2D eigenvalue weighted by Crippen LogP contribution is -2.40. The van der Waals surface area contributed by atoms with Crippen LogP contribution in [0.4, 0.5) is 4.79 Å². The van der Waals surface area contributed by atoms with Gasteiger partial charge in [0.1, 0.15) is 5.82 Å². The second-order valence-corrected chi connectivity index (χ2v) is 5.20. The van der Waals surface area contributed by atoms with Crippen LogP contribution in [0.2, 0.25) is 5.02 Å². The van der Waals surface area contributed by atoms with Crippen molar-refractivity contribution in [3.05, 3.63) is 35.1 Å². The Morgan fingerprint density at radius 3 is 2.59 bits per heavy atom. The number of aromatic nitrogens is 3. The molecule has 1 aromatic carbocycles. The van der Waals surface area contributed by atoms with E-state index in [2.05, 4.69) is 20.5 Å². The highest BCUT2D eigenvalue weighted by Crippen LogP contribution is 2.17. The minimum absolute atomic E-state index is 0.0533. The van der Waals surface area contributed by atoms with Gasteiger partial charge in [-0.15, -0.1) is 0 Å². The van der Waals surface area contributed by atoms with Crippen molar-refractivity contribution in [1.29, 1.82) is 0 Å². The maximum atomic E-state index is 11.8. The van der Waals surface area contributed by atoms with Crippen LogP contribution in [0.1, 0.15) is 19.7 Å². The predicted octanol–water partition coefficient (Wildman–Crippen LogP) is 2.72. The molecule has 0 saturated heterocycles. The predicted molar refractivity (Wildman–Crippen MR) is 86.9 cm³/mol. The highest BCUT2D eigenvalue weighted by Gasteiger charge is 2.09. The monoisotopic (exact) mass is 321 g/mol. The Balaban J connectivity index is 1.87. The minimum Gasteiger partial charge on any atom is -0.338 e. The lowest BCUT2D eigenvalue weighted by molar-refractivity contribution is 0.203. The first-order valence-corrected chi connectivity index (χ1v) is 7.71. The average Bonchev–Trinajstić information content (AvgIpc) is 2.98. The minimum atomic E-state index is -0.0533. The van der Waals surface area contributed by atoms with E-state index in [1.807, 2.05) is 26.0 Å². The van der Waals surface area contributed by atoms with Crippen LogP contribution < -0.4 is 5.32 Å². The standard InChI is InChI=1S/C15H20ClN5O/c1-3-21(4-2)15(22)17-10-9-13-18-14(20-19-13)11-5-7-12(16)8-6-11/h5-8H,3-4,9-10H2,1-2H3,(H,17,22)(H,18,19,20). The van der Waals surface area contributed by atoms with E-state index in [0.29, 0.717) is 36.9 Å². The summed E-state index contributed by atoms with van der Waals surface area (Å²) < 4.78 is 0. The number of carbonyl (C=O) groups excluding carboxylic acids is 1. The highest BCUT2D eigenvalue weighted by molar-refractivity contribution is 6.30. The number of rotatable bonds is 6. The molecule has 0 fully saturated rings. The van der Waals surface area contributed by atoms with Crippen LogP contribution in [0.15, 0.2) is 24.3 Å². The van der Waals surface area contributed by atoms with Crippen molar-refractivity contribution in [2.75, 3.05) is 19.6 Å². The second kappa shape index (κ2) is 7.79. The Hall–Kier alpha value is -2.08. The summed E-state index contributed by atoms with van der Waals surface area (Å²) in [5, 5.41) is 10.6. The van der Waals surface area contributed by atoms with Crippen LogP contribution >= 0.6 is 11.6 Å². The maximum absolute atomic E-state index is 11.8. The average molecular weight is 322 g/mol. The summed E-state index contributed by atoms with van der Waals surface area (Å²) in [4.78, 5) is 18.0. The fraction of sp³-hybridized carbons (Fsp3) is 0.400. The third kappa shape index (κ3) is 4.21. The van der Waals surface area contributed by atoms with Crippen molar-refractivity contribution in [3.8, 4) is 11.4 Å². The second-order valence-electron chi connectivity index (χ2n) is 4.77. The van der Waals surface area contributed by atoms with Crippen molar-refractivity contribution in [2.24, 2.45) is 0 Å². The lowest BCUT2D eigenvalue weighted by atomic mass is 10.2. The topological polar surface area (TPSA) is 73.9 Å². The Labute approximate surface area is 134 Å². The number of aromatic amines is 1. The number of benzene rings is 1. The molecular weight excluding hydrogens is 302 g/mol. The first-order chi connectivity index (χ1) is 10.6. The first kappa shape index (κ1) is 16.3. The fourth-order valence-corrected chi connectivity index (χ4v) is 2.17. The van der Waals surface area contributed by atoms with Gasteiger partial charge in [0, 0.05) is 36.6 Å². The molecule has 0 atom stereocenters. The molecule has 0 saturated carbocycles. The molecule has 2 amide bonds. The molecule has 2 aromatic rings. The summed E-state index contributed by atoms with van der Waals surface area (Å²) >= 11 is 5.86. The molecule has 2 N–H and O–H groups in total. The third-order valence-electron chi connectivity index (χ3n) is 3.32. The van der Waals surface area contributed by atoms with E-state index in [1.165, 1.54) is 0 Å². The van der Waals surface area contributed by atoms with E-state index in [9.17, 15) is 4.79 Å². The number of nitrogens with zero attached hydrogens (tertiary/aromatic N) is 3. The van der Waals surface area contributed by atoms with Gasteiger partial charge >= 0.3 is 6.03 Å². The zero-order valence-corrected chi connectivity index (χ0v) is 13.5. The van der Waals surface area contributed by atoms with E-state index >= 15 is 0 Å². The zero-order chi connectivity index (χ0) is 15.9. The van der Waals surface area contributed by atoms with Gasteiger partial charge in [-0.05, 0) is 38.1 Å². The number of amides is 2.